The van der Waals surface area contributed by atoms with Crippen LogP contribution in [0.3, 0.4) is 0 Å². The van der Waals surface area contributed by atoms with Gasteiger partial charge in [-0.05, 0) is 110 Å². The first-order valence-corrected chi connectivity index (χ1v) is 15.2. The van der Waals surface area contributed by atoms with E-state index in [1.807, 2.05) is 66.7 Å². The van der Waals surface area contributed by atoms with Crippen LogP contribution in [0.2, 0.25) is 5.02 Å². The molecule has 0 amide bonds. The Labute approximate surface area is 245 Å². The molecule has 1 saturated heterocycles. The monoisotopic (exact) mass is 592 g/mol. The van der Waals surface area contributed by atoms with Gasteiger partial charge in [0, 0.05) is 35.2 Å². The van der Waals surface area contributed by atoms with Crippen LogP contribution in [0, 0.1) is 0 Å². The largest absolute Gasteiger partial charge is 0.457 e. The summed E-state index contributed by atoms with van der Waals surface area (Å²) in [7, 11) is -3.91. The molecule has 0 bridgehead atoms. The summed E-state index contributed by atoms with van der Waals surface area (Å²) < 4.78 is 35.7. The number of hydrogen-bond acceptors (Lipinski definition) is 5. The van der Waals surface area contributed by atoms with E-state index in [1.165, 1.54) is 0 Å². The molecule has 206 valence electrons. The van der Waals surface area contributed by atoms with Gasteiger partial charge < -0.3 is 20.3 Å². The summed E-state index contributed by atoms with van der Waals surface area (Å²) >= 11 is 11.5. The lowest BCUT2D eigenvalue weighted by Crippen LogP contribution is -2.31. The number of hydrogen-bond donors (Lipinski definition) is 3. The highest BCUT2D eigenvalue weighted by atomic mass is 35.5. The minimum absolute atomic E-state index is 0.180. The number of thiocarbonyl (C=S) groups is 1. The normalized spacial score (nSPS) is 13.4. The average molecular weight is 593 g/mol. The Morgan fingerprint density at radius 3 is 2.05 bits per heavy atom. The molecule has 3 N–H and O–H groups in total. The second kappa shape index (κ2) is 12.6. The van der Waals surface area contributed by atoms with Crippen LogP contribution >= 0.6 is 23.8 Å². The van der Waals surface area contributed by atoms with Gasteiger partial charge in [0.15, 0.2) is 5.11 Å². The number of nitrogens with one attached hydrogen (secondary N) is 3. The van der Waals surface area contributed by atoms with E-state index in [2.05, 4.69) is 20.3 Å². The Morgan fingerprint density at radius 1 is 0.750 bits per heavy atom. The molecule has 0 atom stereocenters. The molecule has 0 unspecified atom stereocenters. The quantitative estimate of drug-likeness (QED) is 0.181. The van der Waals surface area contributed by atoms with Crippen LogP contribution in [-0.4, -0.2) is 26.6 Å². The van der Waals surface area contributed by atoms with Crippen molar-refractivity contribution in [3.05, 3.63) is 102 Å². The Kier molecular flexibility index (Phi) is 8.74. The maximum absolute atomic E-state index is 13.6. The van der Waals surface area contributed by atoms with Crippen molar-refractivity contribution < 1.29 is 13.2 Å². The third kappa shape index (κ3) is 7.24. The van der Waals surface area contributed by atoms with Gasteiger partial charge in [-0.3, -0.25) is 4.72 Å². The van der Waals surface area contributed by atoms with Crippen molar-refractivity contribution in [3.8, 4) is 11.5 Å². The molecule has 0 spiro atoms. The van der Waals surface area contributed by atoms with Gasteiger partial charge in [0.1, 0.15) is 16.4 Å². The van der Waals surface area contributed by atoms with Gasteiger partial charge in [-0.1, -0.05) is 29.8 Å². The molecular formula is C30H29ClN4O3S2. The minimum atomic E-state index is -3.91. The first-order chi connectivity index (χ1) is 19.4. The maximum atomic E-state index is 13.6. The van der Waals surface area contributed by atoms with Gasteiger partial charge in [0.2, 0.25) is 0 Å². The third-order valence-corrected chi connectivity index (χ3v) is 8.26. The van der Waals surface area contributed by atoms with Crippen molar-refractivity contribution in [1.82, 2.24) is 0 Å². The first kappa shape index (κ1) is 27.8. The summed E-state index contributed by atoms with van der Waals surface area (Å²) in [6.45, 7) is 1.61. The summed E-state index contributed by atoms with van der Waals surface area (Å²) in [5, 5.41) is 7.12. The molecule has 1 aliphatic rings. The molecule has 7 nitrogen and oxygen atoms in total. The second-order valence-electron chi connectivity index (χ2n) is 9.36. The van der Waals surface area contributed by atoms with Crippen LogP contribution in [0.5, 0.6) is 11.5 Å². The van der Waals surface area contributed by atoms with Crippen LogP contribution in [-0.2, 0) is 10.0 Å². The van der Waals surface area contributed by atoms with Crippen molar-refractivity contribution in [3.63, 3.8) is 0 Å². The number of anilines is 4. The van der Waals surface area contributed by atoms with Crippen LogP contribution in [0.1, 0.15) is 19.3 Å². The molecule has 4 aromatic rings. The number of piperidine rings is 1. The number of sulfonamides is 1. The summed E-state index contributed by atoms with van der Waals surface area (Å²) in [5.74, 6) is 1.46. The zero-order valence-electron chi connectivity index (χ0n) is 21.6. The van der Waals surface area contributed by atoms with Gasteiger partial charge in [-0.25, -0.2) is 8.42 Å². The molecule has 0 aromatic heterocycles. The maximum Gasteiger partial charge on any atom is 0.264 e. The van der Waals surface area contributed by atoms with Crippen LogP contribution < -0.4 is 25.0 Å². The van der Waals surface area contributed by atoms with Gasteiger partial charge in [0.05, 0.1) is 5.69 Å². The number of halogens is 1. The molecular weight excluding hydrogens is 564 g/mol. The Hall–Kier alpha value is -3.79. The molecule has 1 fully saturated rings. The van der Waals surface area contributed by atoms with Crippen molar-refractivity contribution in [2.24, 2.45) is 0 Å². The first-order valence-electron chi connectivity index (χ1n) is 12.9. The zero-order valence-corrected chi connectivity index (χ0v) is 24.0. The second-order valence-corrected chi connectivity index (χ2v) is 11.9. The molecule has 1 aliphatic heterocycles. The Balaban J connectivity index is 1.32. The lowest BCUT2D eigenvalue weighted by molar-refractivity contribution is 0.483. The van der Waals surface area contributed by atoms with Crippen molar-refractivity contribution in [1.29, 1.82) is 0 Å². The molecule has 40 heavy (non-hydrogen) atoms. The smallest absolute Gasteiger partial charge is 0.264 e. The van der Waals surface area contributed by atoms with Crippen LogP contribution in [0.15, 0.2) is 102 Å². The molecule has 0 radical (unpaired) electrons. The molecule has 5 rings (SSSR count). The lowest BCUT2D eigenvalue weighted by Gasteiger charge is -2.30. The SMILES string of the molecule is O=S(=O)(Nc1ccc(Cl)cc1)c1cc(NC(=S)Nc2ccc(Oc3ccccc3)cc2)ccc1N1CCCCC1. The summed E-state index contributed by atoms with van der Waals surface area (Å²) in [4.78, 5) is 2.30. The molecule has 10 heteroatoms. The van der Waals surface area contributed by atoms with Gasteiger partial charge >= 0.3 is 0 Å². The van der Waals surface area contributed by atoms with E-state index in [0.717, 1.165) is 43.8 Å². The predicted molar refractivity (Wildman–Crippen MR) is 168 cm³/mol. The third-order valence-electron chi connectivity index (χ3n) is 6.39. The highest BCUT2D eigenvalue weighted by molar-refractivity contribution is 7.93. The topological polar surface area (TPSA) is 82.7 Å². The van der Waals surface area contributed by atoms with Crippen LogP contribution in [0.25, 0.3) is 0 Å². The Bertz CT molecular complexity index is 1560. The van der Waals surface area contributed by atoms with E-state index in [1.54, 1.807) is 30.3 Å². The van der Waals surface area contributed by atoms with Crippen LogP contribution in [0.4, 0.5) is 22.7 Å². The molecule has 0 saturated carbocycles. The Morgan fingerprint density at radius 2 is 1.35 bits per heavy atom. The number of para-hydroxylation sites is 1. The lowest BCUT2D eigenvalue weighted by atomic mass is 10.1. The predicted octanol–water partition coefficient (Wildman–Crippen LogP) is 7.73. The molecule has 0 aliphatic carbocycles. The minimum Gasteiger partial charge on any atom is -0.457 e. The van der Waals surface area contributed by atoms with E-state index < -0.39 is 10.0 Å². The summed E-state index contributed by atoms with van der Waals surface area (Å²) in [6.07, 6.45) is 3.18. The van der Waals surface area contributed by atoms with E-state index in [0.29, 0.717) is 32.9 Å². The van der Waals surface area contributed by atoms with E-state index in [4.69, 9.17) is 28.6 Å². The van der Waals surface area contributed by atoms with E-state index >= 15 is 0 Å². The highest BCUT2D eigenvalue weighted by Crippen LogP contribution is 2.32. The van der Waals surface area contributed by atoms with Crippen molar-refractivity contribution in [2.75, 3.05) is 33.3 Å². The van der Waals surface area contributed by atoms with Gasteiger partial charge in [-0.2, -0.15) is 0 Å². The van der Waals surface area contributed by atoms with Gasteiger partial charge in [-0.15, -0.1) is 0 Å². The fraction of sp³-hybridized carbons (Fsp3) is 0.167. The summed E-state index contributed by atoms with van der Waals surface area (Å²) in [6, 6.07) is 28.8. The number of benzene rings is 4. The summed E-state index contributed by atoms with van der Waals surface area (Å²) in [5.41, 5.74) is 2.42. The zero-order chi connectivity index (χ0) is 28.0. The van der Waals surface area contributed by atoms with Crippen molar-refractivity contribution >= 4 is 61.7 Å². The average Bonchev–Trinajstić information content (AvgIpc) is 2.96. The molecule has 1 heterocycles. The fourth-order valence-corrected chi connectivity index (χ4v) is 6.13. The number of ether oxygens (including phenoxy) is 1. The number of nitrogens with zero attached hydrogens (tertiary/aromatic N) is 1. The molecule has 4 aromatic carbocycles. The van der Waals surface area contributed by atoms with E-state index in [-0.39, 0.29) is 4.90 Å². The number of rotatable bonds is 8. The van der Waals surface area contributed by atoms with Crippen molar-refractivity contribution in [2.45, 2.75) is 24.2 Å². The van der Waals surface area contributed by atoms with Gasteiger partial charge in [0.25, 0.3) is 10.0 Å². The van der Waals surface area contributed by atoms with E-state index in [9.17, 15) is 8.42 Å². The fourth-order valence-electron chi connectivity index (χ4n) is 4.46. The highest BCUT2D eigenvalue weighted by Gasteiger charge is 2.24. The standard InChI is InChI=1S/C30H29ClN4O3S2/c31-22-9-11-24(12-10-22)34-40(36,37)29-21-25(15-18-28(29)35-19-5-2-6-20-35)33-30(39)32-23-13-16-27(17-14-23)38-26-7-3-1-4-8-26/h1,3-4,7-18,21,34H,2,5-6,19-20H2,(H2,32,33,39).